The third-order valence-electron chi connectivity index (χ3n) is 5.04. The lowest BCUT2D eigenvalue weighted by molar-refractivity contribution is 0.360. The van der Waals surface area contributed by atoms with E-state index in [1.807, 2.05) is 30.3 Å². The Labute approximate surface area is 154 Å². The van der Waals surface area contributed by atoms with Gasteiger partial charge in [0.1, 0.15) is 5.69 Å². The van der Waals surface area contributed by atoms with Gasteiger partial charge in [-0.2, -0.15) is 5.10 Å². The van der Waals surface area contributed by atoms with Gasteiger partial charge in [0.15, 0.2) is 5.82 Å². The number of nitrogens with zero attached hydrogens (tertiary/aromatic N) is 1. The molecule has 1 aliphatic rings. The first-order valence-electron chi connectivity index (χ1n) is 9.00. The van der Waals surface area contributed by atoms with Crippen LogP contribution in [0.25, 0.3) is 11.3 Å². The van der Waals surface area contributed by atoms with Crippen molar-refractivity contribution in [1.82, 2.24) is 14.9 Å². The van der Waals surface area contributed by atoms with Gasteiger partial charge in [-0.3, -0.25) is 5.10 Å². The van der Waals surface area contributed by atoms with Crippen LogP contribution in [0, 0.1) is 5.82 Å². The van der Waals surface area contributed by atoms with E-state index >= 15 is 0 Å². The normalized spacial score (nSPS) is 21.7. The van der Waals surface area contributed by atoms with Gasteiger partial charge in [0.05, 0.1) is 10.4 Å². The Balaban J connectivity index is 1.67. The first kappa shape index (κ1) is 19.0. The molecule has 2 aromatic rings. The van der Waals surface area contributed by atoms with Crippen LogP contribution in [-0.2, 0) is 10.0 Å². The molecule has 0 spiro atoms. The molecule has 3 rings (SSSR count). The zero-order valence-corrected chi connectivity index (χ0v) is 16.2. The summed E-state index contributed by atoms with van der Waals surface area (Å²) in [4.78, 5) is 0. The van der Waals surface area contributed by atoms with Crippen molar-refractivity contribution in [2.45, 2.75) is 63.2 Å². The van der Waals surface area contributed by atoms with E-state index in [1.54, 1.807) is 20.8 Å². The molecule has 0 bridgehead atoms. The van der Waals surface area contributed by atoms with Crippen LogP contribution in [0.5, 0.6) is 0 Å². The molecule has 1 heterocycles. The first-order chi connectivity index (χ1) is 12.2. The number of rotatable bonds is 4. The van der Waals surface area contributed by atoms with Gasteiger partial charge in [0, 0.05) is 17.5 Å². The summed E-state index contributed by atoms with van der Waals surface area (Å²) in [5, 5.41) is 7.03. The number of aromatic nitrogens is 2. The van der Waals surface area contributed by atoms with Gasteiger partial charge in [-0.15, -0.1) is 0 Å². The molecular formula is C19H26FN3O2S. The second kappa shape index (κ2) is 7.12. The number of benzene rings is 1. The minimum absolute atomic E-state index is 0.0374. The molecule has 1 saturated carbocycles. The molecule has 0 aliphatic heterocycles. The molecule has 0 atom stereocenters. The monoisotopic (exact) mass is 379 g/mol. The number of H-pyrrole nitrogens is 1. The molecule has 26 heavy (non-hydrogen) atoms. The molecule has 1 fully saturated rings. The Morgan fingerprint density at radius 1 is 1.12 bits per heavy atom. The highest BCUT2D eigenvalue weighted by Gasteiger charge is 2.34. The van der Waals surface area contributed by atoms with Crippen LogP contribution in [0.1, 0.15) is 58.1 Å². The summed E-state index contributed by atoms with van der Waals surface area (Å²) in [6.45, 7) is 5.06. The Morgan fingerprint density at radius 3 is 2.31 bits per heavy atom. The maximum atomic E-state index is 14.8. The molecular weight excluding hydrogens is 353 g/mol. The van der Waals surface area contributed by atoms with E-state index in [-0.39, 0.29) is 17.8 Å². The van der Waals surface area contributed by atoms with E-state index in [0.29, 0.717) is 24.2 Å². The summed E-state index contributed by atoms with van der Waals surface area (Å²) in [7, 11) is -3.36. The summed E-state index contributed by atoms with van der Waals surface area (Å²) >= 11 is 0. The quantitative estimate of drug-likeness (QED) is 0.844. The fourth-order valence-corrected chi connectivity index (χ4v) is 4.32. The third kappa shape index (κ3) is 3.83. The second-order valence-corrected chi connectivity index (χ2v) is 10.4. The highest BCUT2D eigenvalue weighted by molar-refractivity contribution is 7.90. The predicted molar refractivity (Wildman–Crippen MR) is 101 cm³/mol. The minimum atomic E-state index is -3.36. The number of aromatic amines is 1. The second-order valence-electron chi connectivity index (χ2n) is 7.95. The lowest BCUT2D eigenvalue weighted by Gasteiger charge is -2.30. The molecule has 7 heteroatoms. The average Bonchev–Trinajstić information content (AvgIpc) is 2.96. The van der Waals surface area contributed by atoms with Crippen LogP contribution in [0.3, 0.4) is 0 Å². The molecule has 5 nitrogen and oxygen atoms in total. The fraction of sp³-hybridized carbons (Fsp3) is 0.526. The van der Waals surface area contributed by atoms with Crippen LogP contribution in [-0.4, -0.2) is 29.4 Å². The van der Waals surface area contributed by atoms with Gasteiger partial charge < -0.3 is 0 Å². The maximum absolute atomic E-state index is 14.8. The first-order valence-corrected chi connectivity index (χ1v) is 10.5. The van der Waals surface area contributed by atoms with Crippen molar-refractivity contribution >= 4 is 10.0 Å². The summed E-state index contributed by atoms with van der Waals surface area (Å²) in [6, 6.07) is 9.18. The molecule has 1 aromatic carbocycles. The highest BCUT2D eigenvalue weighted by Crippen LogP contribution is 2.36. The lowest BCUT2D eigenvalue weighted by atomic mass is 9.84. The Morgan fingerprint density at radius 2 is 1.73 bits per heavy atom. The van der Waals surface area contributed by atoms with E-state index in [4.69, 9.17) is 0 Å². The van der Waals surface area contributed by atoms with Gasteiger partial charge in [-0.05, 0) is 46.5 Å². The molecule has 142 valence electrons. The summed E-state index contributed by atoms with van der Waals surface area (Å²) in [6.07, 6.45) is 2.84. The van der Waals surface area contributed by atoms with Gasteiger partial charge in [-0.25, -0.2) is 17.5 Å². The van der Waals surface area contributed by atoms with Crippen molar-refractivity contribution in [3.05, 3.63) is 41.8 Å². The minimum Gasteiger partial charge on any atom is -0.279 e. The van der Waals surface area contributed by atoms with Crippen molar-refractivity contribution in [2.24, 2.45) is 0 Å². The van der Waals surface area contributed by atoms with Crippen molar-refractivity contribution in [1.29, 1.82) is 0 Å². The van der Waals surface area contributed by atoms with Crippen molar-refractivity contribution in [2.75, 3.05) is 0 Å². The SMILES string of the molecule is CC(C)(C)S(=O)(=O)N[C@H]1CC[C@H](c2[nH]nc(-c3ccccc3)c2F)CC1. The maximum Gasteiger partial charge on any atom is 0.216 e. The van der Waals surface area contributed by atoms with Crippen LogP contribution < -0.4 is 4.72 Å². The van der Waals surface area contributed by atoms with Crippen LogP contribution in [0.15, 0.2) is 30.3 Å². The molecule has 0 saturated heterocycles. The molecule has 1 aromatic heterocycles. The Kier molecular flexibility index (Phi) is 5.21. The summed E-state index contributed by atoms with van der Waals surface area (Å²) in [5.41, 5.74) is 1.62. The zero-order chi connectivity index (χ0) is 18.9. The number of halogens is 1. The Bertz CT molecular complexity index is 849. The number of nitrogens with one attached hydrogen (secondary N) is 2. The van der Waals surface area contributed by atoms with Gasteiger partial charge in [0.25, 0.3) is 0 Å². The molecule has 0 amide bonds. The molecule has 2 N–H and O–H groups in total. The van der Waals surface area contributed by atoms with Crippen LogP contribution >= 0.6 is 0 Å². The lowest BCUT2D eigenvalue weighted by Crippen LogP contribution is -2.45. The smallest absolute Gasteiger partial charge is 0.216 e. The topological polar surface area (TPSA) is 74.8 Å². The van der Waals surface area contributed by atoms with E-state index < -0.39 is 14.8 Å². The van der Waals surface area contributed by atoms with E-state index in [0.717, 1.165) is 18.4 Å². The van der Waals surface area contributed by atoms with E-state index in [2.05, 4.69) is 14.9 Å². The summed E-state index contributed by atoms with van der Waals surface area (Å²) < 4.78 is 41.4. The van der Waals surface area contributed by atoms with Crippen molar-refractivity contribution < 1.29 is 12.8 Å². The van der Waals surface area contributed by atoms with Crippen molar-refractivity contribution in [3.63, 3.8) is 0 Å². The molecule has 0 radical (unpaired) electrons. The molecule has 1 aliphatic carbocycles. The van der Waals surface area contributed by atoms with Gasteiger partial charge in [0.2, 0.25) is 10.0 Å². The predicted octanol–water partition coefficient (Wildman–Crippen LogP) is 3.96. The average molecular weight is 380 g/mol. The van der Waals surface area contributed by atoms with E-state index in [1.165, 1.54) is 0 Å². The van der Waals surface area contributed by atoms with E-state index in [9.17, 15) is 12.8 Å². The highest BCUT2D eigenvalue weighted by atomic mass is 32.2. The number of hydrogen-bond acceptors (Lipinski definition) is 3. The third-order valence-corrected chi connectivity index (χ3v) is 7.30. The standard InChI is InChI=1S/C19H26FN3O2S/c1-19(2,3)26(24,25)23-15-11-9-14(10-12-15)18-16(20)17(21-22-18)13-7-5-4-6-8-13/h4-8,14-15,23H,9-12H2,1-3H3,(H,21,22)/t14-,15-. The Hall–Kier alpha value is -1.73. The fourth-order valence-electron chi connectivity index (χ4n) is 3.30. The van der Waals surface area contributed by atoms with Crippen molar-refractivity contribution in [3.8, 4) is 11.3 Å². The largest absolute Gasteiger partial charge is 0.279 e. The van der Waals surface area contributed by atoms with Gasteiger partial charge in [-0.1, -0.05) is 30.3 Å². The summed E-state index contributed by atoms with van der Waals surface area (Å²) in [5.74, 6) is -0.259. The van der Waals surface area contributed by atoms with Gasteiger partial charge >= 0.3 is 0 Å². The zero-order valence-electron chi connectivity index (χ0n) is 15.4. The van der Waals surface area contributed by atoms with Crippen LogP contribution in [0.2, 0.25) is 0 Å². The number of hydrogen-bond donors (Lipinski definition) is 2. The molecule has 0 unspecified atom stereocenters. The van der Waals surface area contributed by atoms with Crippen LogP contribution in [0.4, 0.5) is 4.39 Å². The number of sulfonamides is 1.